The Bertz CT molecular complexity index is 713. The lowest BCUT2D eigenvalue weighted by Crippen LogP contribution is -2.63. The molecule has 140 valence electrons. The molecule has 1 aromatic carbocycles. The maximum atomic E-state index is 5.49. The summed E-state index contributed by atoms with van der Waals surface area (Å²) in [5.41, 5.74) is 6.83. The van der Waals surface area contributed by atoms with Crippen molar-refractivity contribution in [2.24, 2.45) is 22.4 Å². The lowest BCUT2D eigenvalue weighted by atomic mass is 9.64. The second-order valence-electron chi connectivity index (χ2n) is 8.41. The fourth-order valence-corrected chi connectivity index (χ4v) is 5.04. The van der Waals surface area contributed by atoms with Gasteiger partial charge in [-0.3, -0.25) is 5.43 Å². The molecule has 0 spiro atoms. The Morgan fingerprint density at radius 1 is 1.23 bits per heavy atom. The molecule has 5 nitrogen and oxygen atoms in total. The first kappa shape index (κ1) is 17.9. The van der Waals surface area contributed by atoms with Gasteiger partial charge in [-0.2, -0.15) is 5.10 Å². The number of rotatable bonds is 3. The number of anilines is 1. The quantitative estimate of drug-likeness (QED) is 0.631. The molecule has 0 amide bonds. The zero-order valence-corrected chi connectivity index (χ0v) is 16.8. The molecule has 4 heterocycles. The normalized spacial score (nSPS) is 34.2. The highest BCUT2D eigenvalue weighted by Crippen LogP contribution is 2.43. The van der Waals surface area contributed by atoms with Crippen molar-refractivity contribution >= 4 is 28.7 Å². The van der Waals surface area contributed by atoms with Crippen LogP contribution in [-0.4, -0.2) is 59.9 Å². The molecule has 4 saturated heterocycles. The molecule has 0 radical (unpaired) electrons. The van der Waals surface area contributed by atoms with Gasteiger partial charge in [-0.1, -0.05) is 26.0 Å². The van der Waals surface area contributed by atoms with Gasteiger partial charge in [0.2, 0.25) is 0 Å². The summed E-state index contributed by atoms with van der Waals surface area (Å²) in [5.74, 6) is 1.07. The standard InChI is InChI=1S/C20H29N5S/c1-14(2)20-12-24-7-8-25(13-20)11-16(10-24)18(20)22-23-19(26)21-17-6-4-5-15(3)9-17/h4-6,9,14,16H,7-8,10-13H2,1-3H3,(H2,21,23,26). The number of nitrogens with one attached hydrogen (secondary N) is 2. The number of aryl methyl sites for hydroxylation is 1. The molecule has 26 heavy (non-hydrogen) atoms. The molecule has 4 bridgehead atoms. The number of benzene rings is 1. The van der Waals surface area contributed by atoms with E-state index in [0.717, 1.165) is 31.9 Å². The number of hydrogen-bond acceptors (Lipinski definition) is 4. The molecule has 2 atom stereocenters. The first-order valence-corrected chi connectivity index (χ1v) is 10.0. The van der Waals surface area contributed by atoms with Gasteiger partial charge >= 0.3 is 0 Å². The van der Waals surface area contributed by atoms with E-state index in [1.54, 1.807) is 0 Å². The van der Waals surface area contributed by atoms with Crippen molar-refractivity contribution in [1.29, 1.82) is 0 Å². The van der Waals surface area contributed by atoms with Crippen LogP contribution in [0.1, 0.15) is 19.4 Å². The molecule has 1 aromatic rings. The Morgan fingerprint density at radius 2 is 1.92 bits per heavy atom. The minimum Gasteiger partial charge on any atom is -0.331 e. The summed E-state index contributed by atoms with van der Waals surface area (Å²) < 4.78 is 0. The highest BCUT2D eigenvalue weighted by Gasteiger charge is 2.53. The van der Waals surface area contributed by atoms with Gasteiger partial charge in [-0.05, 0) is 42.8 Å². The minimum atomic E-state index is 0.142. The van der Waals surface area contributed by atoms with E-state index in [4.69, 9.17) is 17.3 Å². The molecule has 0 aromatic heterocycles. The van der Waals surface area contributed by atoms with E-state index in [1.165, 1.54) is 24.4 Å². The van der Waals surface area contributed by atoms with E-state index in [0.29, 0.717) is 16.9 Å². The number of nitrogens with zero attached hydrogens (tertiary/aromatic N) is 3. The number of piperidine rings is 2. The van der Waals surface area contributed by atoms with Gasteiger partial charge in [0.15, 0.2) is 5.11 Å². The predicted octanol–water partition coefficient (Wildman–Crippen LogP) is 2.54. The molecule has 6 heteroatoms. The van der Waals surface area contributed by atoms with Crippen molar-refractivity contribution in [2.75, 3.05) is 44.6 Å². The van der Waals surface area contributed by atoms with Crippen LogP contribution in [0.15, 0.2) is 29.4 Å². The predicted molar refractivity (Wildman–Crippen MR) is 112 cm³/mol. The van der Waals surface area contributed by atoms with Crippen LogP contribution in [-0.2, 0) is 0 Å². The van der Waals surface area contributed by atoms with Crippen molar-refractivity contribution in [3.05, 3.63) is 29.8 Å². The van der Waals surface area contributed by atoms with E-state index in [1.807, 2.05) is 12.1 Å². The van der Waals surface area contributed by atoms with E-state index < -0.39 is 0 Å². The van der Waals surface area contributed by atoms with Crippen LogP contribution in [0.2, 0.25) is 0 Å². The number of fused-ring (bicyclic) bond motifs is 1. The van der Waals surface area contributed by atoms with E-state index in [2.05, 4.69) is 53.4 Å². The van der Waals surface area contributed by atoms with Crippen molar-refractivity contribution < 1.29 is 0 Å². The first-order chi connectivity index (χ1) is 12.5. The van der Waals surface area contributed by atoms with Gasteiger partial charge in [0.1, 0.15) is 0 Å². The largest absolute Gasteiger partial charge is 0.331 e. The molecule has 0 saturated carbocycles. The first-order valence-electron chi connectivity index (χ1n) is 9.63. The van der Waals surface area contributed by atoms with Crippen LogP contribution >= 0.6 is 12.2 Å². The lowest BCUT2D eigenvalue weighted by molar-refractivity contribution is 0.0828. The average molecular weight is 372 g/mol. The second-order valence-corrected chi connectivity index (χ2v) is 8.82. The van der Waals surface area contributed by atoms with Crippen molar-refractivity contribution in [3.63, 3.8) is 0 Å². The zero-order valence-electron chi connectivity index (χ0n) is 16.0. The van der Waals surface area contributed by atoms with Crippen molar-refractivity contribution in [3.8, 4) is 0 Å². The van der Waals surface area contributed by atoms with Crippen LogP contribution in [0.5, 0.6) is 0 Å². The maximum absolute atomic E-state index is 5.49. The Morgan fingerprint density at radius 3 is 2.54 bits per heavy atom. The molecule has 5 rings (SSSR count). The van der Waals surface area contributed by atoms with E-state index >= 15 is 0 Å². The van der Waals surface area contributed by atoms with E-state index in [9.17, 15) is 0 Å². The summed E-state index contributed by atoms with van der Waals surface area (Å²) in [6.07, 6.45) is 0. The third-order valence-corrected chi connectivity index (χ3v) is 6.45. The van der Waals surface area contributed by atoms with Crippen molar-refractivity contribution in [2.45, 2.75) is 20.8 Å². The summed E-state index contributed by atoms with van der Waals surface area (Å²) in [5, 5.41) is 8.70. The summed E-state index contributed by atoms with van der Waals surface area (Å²) in [6, 6.07) is 8.22. The number of thiocarbonyl (C=S) groups is 1. The molecule has 4 fully saturated rings. The van der Waals surface area contributed by atoms with Gasteiger partial charge in [0, 0.05) is 56.3 Å². The molecular weight excluding hydrogens is 342 g/mol. The monoisotopic (exact) mass is 371 g/mol. The Labute approximate surface area is 161 Å². The van der Waals surface area contributed by atoms with Crippen LogP contribution in [0.4, 0.5) is 5.69 Å². The Balaban J connectivity index is 1.53. The molecule has 2 N–H and O–H groups in total. The second kappa shape index (κ2) is 6.91. The fourth-order valence-electron chi connectivity index (χ4n) is 4.88. The summed E-state index contributed by atoms with van der Waals surface area (Å²) in [4.78, 5) is 5.28. The third-order valence-electron chi connectivity index (χ3n) is 6.26. The van der Waals surface area contributed by atoms with Gasteiger partial charge in [0.05, 0.1) is 5.71 Å². The minimum absolute atomic E-state index is 0.142. The zero-order chi connectivity index (χ0) is 18.3. The van der Waals surface area contributed by atoms with Gasteiger partial charge in [-0.25, -0.2) is 0 Å². The van der Waals surface area contributed by atoms with Gasteiger partial charge < -0.3 is 15.1 Å². The van der Waals surface area contributed by atoms with Crippen LogP contribution in [0, 0.1) is 24.2 Å². The summed E-state index contributed by atoms with van der Waals surface area (Å²) in [7, 11) is 0. The smallest absolute Gasteiger partial charge is 0.191 e. The molecule has 4 aliphatic heterocycles. The SMILES string of the molecule is Cc1cccc(NC(=S)NN=C2C3CN4CCN(C3)CC2(C(C)C)C4)c1. The van der Waals surface area contributed by atoms with E-state index in [-0.39, 0.29) is 5.41 Å². The molecule has 2 unspecified atom stereocenters. The molecular formula is C20H29N5S. The highest BCUT2D eigenvalue weighted by atomic mass is 32.1. The Kier molecular flexibility index (Phi) is 4.75. The van der Waals surface area contributed by atoms with Gasteiger partial charge in [0.25, 0.3) is 0 Å². The van der Waals surface area contributed by atoms with Crippen LogP contribution in [0.3, 0.4) is 0 Å². The number of hydrogen-bond donors (Lipinski definition) is 2. The average Bonchev–Trinajstić information content (AvgIpc) is 2.82. The third kappa shape index (κ3) is 3.26. The molecule has 0 aliphatic carbocycles. The van der Waals surface area contributed by atoms with Gasteiger partial charge in [-0.15, -0.1) is 0 Å². The fraction of sp³-hybridized carbons (Fsp3) is 0.600. The number of hydrazone groups is 1. The summed E-state index contributed by atoms with van der Waals surface area (Å²) >= 11 is 5.49. The Hall–Kier alpha value is -1.50. The molecule has 4 aliphatic rings. The van der Waals surface area contributed by atoms with Crippen molar-refractivity contribution in [1.82, 2.24) is 15.2 Å². The topological polar surface area (TPSA) is 42.9 Å². The van der Waals surface area contributed by atoms with Crippen LogP contribution < -0.4 is 10.7 Å². The maximum Gasteiger partial charge on any atom is 0.191 e. The lowest BCUT2D eigenvalue weighted by Gasteiger charge is -2.52. The highest BCUT2D eigenvalue weighted by molar-refractivity contribution is 7.80. The summed E-state index contributed by atoms with van der Waals surface area (Å²) in [6.45, 7) is 13.6. The van der Waals surface area contributed by atoms with Crippen LogP contribution in [0.25, 0.3) is 0 Å².